The summed E-state index contributed by atoms with van der Waals surface area (Å²) in [5.74, 6) is 0. The van der Waals surface area contributed by atoms with Crippen molar-refractivity contribution in [2.75, 3.05) is 0 Å². The topological polar surface area (TPSA) is 94.8 Å². The van der Waals surface area contributed by atoms with Crippen molar-refractivity contribution in [1.29, 1.82) is 0 Å². The average Bonchev–Trinajstić information content (AvgIpc) is 2.25. The SMILES string of the molecule is CC(C)=CCC/C(C)=C/CCCC(P(=O)=O)[P+](O)(O)O. The Hall–Kier alpha value is -0.310. The van der Waals surface area contributed by atoms with Crippen molar-refractivity contribution < 1.29 is 23.8 Å². The standard InChI is InChI=1S/C13H25O5P2/c1-11(2)7-6-9-12(3)8-4-5-10-13(19(14)15)20(16,17)18/h7-8,13,16-18H,4-6,9-10H2,1-3H3/q+1/b12-8+. The lowest BCUT2D eigenvalue weighted by atomic mass is 10.1. The van der Waals surface area contributed by atoms with E-state index >= 15 is 0 Å². The molecule has 1 unspecified atom stereocenters. The second-order valence-corrected chi connectivity index (χ2v) is 8.64. The molecule has 0 aliphatic rings. The molecule has 0 rings (SSSR count). The first-order chi connectivity index (χ1) is 9.14. The monoisotopic (exact) mass is 323 g/mol. The Morgan fingerprint density at radius 1 is 1.10 bits per heavy atom. The van der Waals surface area contributed by atoms with Gasteiger partial charge in [-0.1, -0.05) is 23.3 Å². The maximum atomic E-state index is 10.8. The molecule has 7 heteroatoms. The molecular formula is C13H25O5P2+. The molecule has 0 fully saturated rings. The third kappa shape index (κ3) is 9.57. The quantitative estimate of drug-likeness (QED) is 0.337. The van der Waals surface area contributed by atoms with E-state index in [2.05, 4.69) is 19.9 Å². The molecule has 0 saturated carbocycles. The van der Waals surface area contributed by atoms with Crippen LogP contribution in [0.25, 0.3) is 0 Å². The highest BCUT2D eigenvalue weighted by Gasteiger charge is 2.46. The van der Waals surface area contributed by atoms with Gasteiger partial charge in [-0.05, 0) is 46.5 Å². The smallest absolute Gasteiger partial charge is 0.233 e. The van der Waals surface area contributed by atoms with Crippen molar-refractivity contribution in [3.05, 3.63) is 23.3 Å². The summed E-state index contributed by atoms with van der Waals surface area (Å²) in [6.45, 7) is 6.13. The summed E-state index contributed by atoms with van der Waals surface area (Å²) in [4.78, 5) is 27.1. The zero-order valence-corrected chi connectivity index (χ0v) is 14.1. The fraction of sp³-hybridized carbons (Fsp3) is 0.692. The van der Waals surface area contributed by atoms with Gasteiger partial charge in [0.1, 0.15) is 0 Å². The van der Waals surface area contributed by atoms with Gasteiger partial charge in [-0.2, -0.15) is 14.7 Å². The number of hydrogen-bond donors (Lipinski definition) is 3. The highest BCUT2D eigenvalue weighted by molar-refractivity contribution is 7.68. The highest BCUT2D eigenvalue weighted by Crippen LogP contribution is 2.58. The molecule has 3 N–H and O–H groups in total. The summed E-state index contributed by atoms with van der Waals surface area (Å²) in [6.07, 6.45) is 7.36. The molecule has 0 amide bonds. The first-order valence-corrected chi connectivity index (χ1v) is 9.60. The van der Waals surface area contributed by atoms with Crippen LogP contribution in [0.15, 0.2) is 23.3 Å². The van der Waals surface area contributed by atoms with Crippen molar-refractivity contribution >= 4 is 15.6 Å². The van der Waals surface area contributed by atoms with Crippen LogP contribution < -0.4 is 0 Å². The fourth-order valence-corrected chi connectivity index (χ4v) is 3.68. The van der Waals surface area contributed by atoms with E-state index < -0.39 is 21.0 Å². The second-order valence-electron chi connectivity index (χ2n) is 5.18. The summed E-state index contributed by atoms with van der Waals surface area (Å²) < 4.78 is 21.7. The van der Waals surface area contributed by atoms with E-state index in [0.29, 0.717) is 12.8 Å². The van der Waals surface area contributed by atoms with Crippen molar-refractivity contribution in [2.45, 2.75) is 58.3 Å². The molecule has 20 heavy (non-hydrogen) atoms. The van der Waals surface area contributed by atoms with Crippen LogP contribution in [0.4, 0.5) is 0 Å². The highest BCUT2D eigenvalue weighted by atomic mass is 31.2. The number of unbranched alkanes of at least 4 members (excludes halogenated alkanes) is 1. The van der Waals surface area contributed by atoms with Gasteiger partial charge >= 0.3 is 15.6 Å². The van der Waals surface area contributed by atoms with Crippen molar-refractivity contribution in [3.8, 4) is 0 Å². The lowest BCUT2D eigenvalue weighted by Gasteiger charge is -2.09. The van der Waals surface area contributed by atoms with Crippen LogP contribution in [0, 0.1) is 0 Å². The van der Waals surface area contributed by atoms with Gasteiger partial charge in [0, 0.05) is 6.42 Å². The summed E-state index contributed by atoms with van der Waals surface area (Å²) in [5, 5.41) is -1.43. The van der Waals surface area contributed by atoms with Gasteiger partial charge in [0.05, 0.1) is 0 Å². The average molecular weight is 323 g/mol. The van der Waals surface area contributed by atoms with Crippen LogP contribution >= 0.6 is 15.6 Å². The van der Waals surface area contributed by atoms with Crippen LogP contribution in [0.1, 0.15) is 52.9 Å². The summed E-state index contributed by atoms with van der Waals surface area (Å²) in [6, 6.07) is 0. The molecule has 0 aromatic rings. The van der Waals surface area contributed by atoms with Gasteiger partial charge in [0.2, 0.25) is 0 Å². The van der Waals surface area contributed by atoms with E-state index in [-0.39, 0.29) is 6.42 Å². The third-order valence-corrected chi connectivity index (χ3v) is 6.19. The van der Waals surface area contributed by atoms with Crippen LogP contribution in [-0.2, 0) is 9.13 Å². The van der Waals surface area contributed by atoms with E-state index in [1.807, 2.05) is 13.0 Å². The summed E-state index contributed by atoms with van der Waals surface area (Å²) in [7, 11) is -7.33. The third-order valence-electron chi connectivity index (χ3n) is 2.89. The van der Waals surface area contributed by atoms with Gasteiger partial charge in [-0.3, -0.25) is 0 Å². The molecule has 0 bridgehead atoms. The molecular weight excluding hydrogens is 298 g/mol. The minimum Gasteiger partial charge on any atom is -0.233 e. The molecule has 1 atom stereocenters. The zero-order chi connectivity index (χ0) is 15.8. The largest absolute Gasteiger partial charge is 0.421 e. The zero-order valence-electron chi connectivity index (χ0n) is 12.3. The Labute approximate surface area is 121 Å². The summed E-state index contributed by atoms with van der Waals surface area (Å²) in [5.41, 5.74) is 2.51. The van der Waals surface area contributed by atoms with Crippen LogP contribution in [0.3, 0.4) is 0 Å². The first-order valence-electron chi connectivity index (χ1n) is 6.64. The fourth-order valence-electron chi connectivity index (χ4n) is 1.74. The first kappa shape index (κ1) is 19.7. The number of hydrogen-bond acceptors (Lipinski definition) is 5. The van der Waals surface area contributed by atoms with Crippen molar-refractivity contribution in [1.82, 2.24) is 0 Å². The van der Waals surface area contributed by atoms with Gasteiger partial charge < -0.3 is 0 Å². The van der Waals surface area contributed by atoms with E-state index in [1.54, 1.807) is 0 Å². The van der Waals surface area contributed by atoms with E-state index in [0.717, 1.165) is 12.8 Å². The molecule has 0 aliphatic heterocycles. The maximum absolute atomic E-state index is 10.8. The molecule has 0 aliphatic carbocycles. The molecule has 0 aromatic heterocycles. The molecule has 116 valence electrons. The number of allylic oxidation sites excluding steroid dienone is 4. The molecule has 0 spiro atoms. The van der Waals surface area contributed by atoms with E-state index in [4.69, 9.17) is 14.7 Å². The second kappa shape index (κ2) is 9.59. The van der Waals surface area contributed by atoms with E-state index in [9.17, 15) is 9.13 Å². The van der Waals surface area contributed by atoms with Gasteiger partial charge in [-0.25, -0.2) is 9.13 Å². The maximum Gasteiger partial charge on any atom is 0.421 e. The Bertz CT molecular complexity index is 407. The Kier molecular flexibility index (Phi) is 9.45. The molecule has 0 heterocycles. The predicted octanol–water partition coefficient (Wildman–Crippen LogP) is 4.09. The number of rotatable bonds is 9. The minimum absolute atomic E-state index is 0.0632. The molecule has 0 radical (unpaired) electrons. The van der Waals surface area contributed by atoms with Gasteiger partial charge in [0.15, 0.2) is 0 Å². The Balaban J connectivity index is 4.14. The minimum atomic E-state index is -4.30. The van der Waals surface area contributed by atoms with Gasteiger partial charge in [-0.15, -0.1) is 0 Å². The lowest BCUT2D eigenvalue weighted by Crippen LogP contribution is -2.06. The van der Waals surface area contributed by atoms with E-state index in [1.165, 1.54) is 11.1 Å². The van der Waals surface area contributed by atoms with Crippen molar-refractivity contribution in [3.63, 3.8) is 0 Å². The van der Waals surface area contributed by atoms with Gasteiger partial charge in [0.25, 0.3) is 5.40 Å². The van der Waals surface area contributed by atoms with Crippen LogP contribution in [0.2, 0.25) is 0 Å². The van der Waals surface area contributed by atoms with Crippen molar-refractivity contribution in [2.24, 2.45) is 0 Å². The van der Waals surface area contributed by atoms with Crippen LogP contribution in [-0.4, -0.2) is 20.1 Å². The Morgan fingerprint density at radius 3 is 2.15 bits per heavy atom. The van der Waals surface area contributed by atoms with Crippen LogP contribution in [0.5, 0.6) is 0 Å². The normalized spacial score (nSPS) is 14.0. The lowest BCUT2D eigenvalue weighted by molar-refractivity contribution is 0.322. The summed E-state index contributed by atoms with van der Waals surface area (Å²) >= 11 is 0. The molecule has 5 nitrogen and oxygen atoms in total. The predicted molar refractivity (Wildman–Crippen MR) is 81.9 cm³/mol. The Morgan fingerprint density at radius 2 is 1.70 bits per heavy atom. The molecule has 0 saturated heterocycles. The molecule has 0 aromatic carbocycles.